The normalized spacial score (nSPS) is 25.4. The number of aromatic nitrogens is 4. The Morgan fingerprint density at radius 1 is 1.14 bits per heavy atom. The van der Waals surface area contributed by atoms with Crippen LogP contribution in [0.4, 0.5) is 5.82 Å². The van der Waals surface area contributed by atoms with Gasteiger partial charge in [-0.2, -0.15) is 0 Å². The highest BCUT2D eigenvalue weighted by atomic mass is 16.6. The average Bonchev–Trinajstić information content (AvgIpc) is 3.24. The molecule has 148 valence electrons. The molecule has 0 spiro atoms. The summed E-state index contributed by atoms with van der Waals surface area (Å²) in [6.45, 7) is 4.00. The maximum Gasteiger partial charge on any atom is 0.167 e. The molecule has 0 saturated carbocycles. The Hall–Kier alpha value is -2.59. The lowest BCUT2D eigenvalue weighted by Gasteiger charge is -2.28. The highest BCUT2D eigenvalue weighted by Crippen LogP contribution is 2.33. The number of rotatable bonds is 5. The van der Waals surface area contributed by atoms with Crippen LogP contribution in [0.25, 0.3) is 11.2 Å². The van der Waals surface area contributed by atoms with Crippen LogP contribution in [0, 0.1) is 0 Å². The standard InChI is InChI=1S/C19H23N5O4/c1-19(2,11-6-4-3-5-7-11)27-8-12-14(25)15(26)18(28-12)24-10-23-13-16(20)21-9-22-17(13)24/h3-7,9-10,12,14-15,18,25-26H,8H2,1-2H3,(H2,20,21,22)/t12-,14+,15-,18-/m0/s1. The van der Waals surface area contributed by atoms with Gasteiger partial charge in [0.1, 0.15) is 30.2 Å². The molecule has 4 atom stereocenters. The van der Waals surface area contributed by atoms with Crippen molar-refractivity contribution in [2.75, 3.05) is 12.3 Å². The molecule has 0 bridgehead atoms. The number of nitrogens with two attached hydrogens (primary N) is 1. The molecule has 9 nitrogen and oxygen atoms in total. The molecule has 2 aromatic heterocycles. The summed E-state index contributed by atoms with van der Waals surface area (Å²) in [4.78, 5) is 12.2. The Labute approximate surface area is 161 Å². The Morgan fingerprint density at radius 3 is 2.64 bits per heavy atom. The molecule has 3 aromatic rings. The lowest BCUT2D eigenvalue weighted by atomic mass is 9.98. The third-order valence-corrected chi connectivity index (χ3v) is 5.08. The molecule has 1 aliphatic heterocycles. The molecule has 0 amide bonds. The Kier molecular flexibility index (Phi) is 4.76. The first-order valence-corrected chi connectivity index (χ1v) is 9.02. The quantitative estimate of drug-likeness (QED) is 0.593. The van der Waals surface area contributed by atoms with E-state index in [0.29, 0.717) is 11.2 Å². The number of aliphatic hydroxyl groups is 2. The zero-order valence-corrected chi connectivity index (χ0v) is 15.6. The third kappa shape index (κ3) is 3.22. The van der Waals surface area contributed by atoms with Crippen LogP contribution in [-0.4, -0.2) is 54.7 Å². The summed E-state index contributed by atoms with van der Waals surface area (Å²) in [6, 6.07) is 9.78. The van der Waals surface area contributed by atoms with Crippen molar-refractivity contribution in [1.82, 2.24) is 19.5 Å². The lowest BCUT2D eigenvalue weighted by molar-refractivity contribution is -0.107. The zero-order valence-electron chi connectivity index (χ0n) is 15.6. The van der Waals surface area contributed by atoms with Gasteiger partial charge in [0.05, 0.1) is 18.5 Å². The third-order valence-electron chi connectivity index (χ3n) is 5.08. The van der Waals surface area contributed by atoms with Gasteiger partial charge in [-0.05, 0) is 19.4 Å². The number of hydrogen-bond donors (Lipinski definition) is 3. The van der Waals surface area contributed by atoms with Crippen molar-refractivity contribution in [2.24, 2.45) is 0 Å². The van der Waals surface area contributed by atoms with E-state index in [1.807, 2.05) is 44.2 Å². The van der Waals surface area contributed by atoms with Crippen LogP contribution in [0.2, 0.25) is 0 Å². The fraction of sp³-hybridized carbons (Fsp3) is 0.421. The fourth-order valence-electron chi connectivity index (χ4n) is 3.37. The Morgan fingerprint density at radius 2 is 1.89 bits per heavy atom. The van der Waals surface area contributed by atoms with Gasteiger partial charge in [0.2, 0.25) is 0 Å². The molecule has 28 heavy (non-hydrogen) atoms. The fourth-order valence-corrected chi connectivity index (χ4v) is 3.37. The summed E-state index contributed by atoms with van der Waals surface area (Å²) >= 11 is 0. The topological polar surface area (TPSA) is 129 Å². The van der Waals surface area contributed by atoms with Gasteiger partial charge in [0, 0.05) is 0 Å². The van der Waals surface area contributed by atoms with Crippen LogP contribution >= 0.6 is 0 Å². The highest BCUT2D eigenvalue weighted by molar-refractivity contribution is 5.81. The summed E-state index contributed by atoms with van der Waals surface area (Å²) in [5.74, 6) is 0.237. The maximum absolute atomic E-state index is 10.5. The van der Waals surface area contributed by atoms with E-state index in [0.717, 1.165) is 5.56 Å². The first-order valence-electron chi connectivity index (χ1n) is 9.02. The molecule has 4 N–H and O–H groups in total. The minimum atomic E-state index is -1.16. The van der Waals surface area contributed by atoms with E-state index in [4.69, 9.17) is 15.2 Å². The van der Waals surface area contributed by atoms with Crippen molar-refractivity contribution >= 4 is 17.0 Å². The predicted octanol–water partition coefficient (Wildman–Crippen LogP) is 0.980. The minimum absolute atomic E-state index is 0.111. The molecule has 1 aliphatic rings. The maximum atomic E-state index is 10.5. The molecule has 0 aliphatic carbocycles. The van der Waals surface area contributed by atoms with Crippen molar-refractivity contribution in [2.45, 2.75) is 44.0 Å². The van der Waals surface area contributed by atoms with Gasteiger partial charge in [-0.15, -0.1) is 0 Å². The van der Waals surface area contributed by atoms with Gasteiger partial charge in [-0.3, -0.25) is 4.57 Å². The summed E-state index contributed by atoms with van der Waals surface area (Å²) in [5, 5.41) is 21.0. The minimum Gasteiger partial charge on any atom is -0.387 e. The van der Waals surface area contributed by atoms with Gasteiger partial charge in [-0.1, -0.05) is 30.3 Å². The van der Waals surface area contributed by atoms with E-state index in [2.05, 4.69) is 15.0 Å². The highest BCUT2D eigenvalue weighted by Gasteiger charge is 2.45. The smallest absolute Gasteiger partial charge is 0.167 e. The predicted molar refractivity (Wildman–Crippen MR) is 101 cm³/mol. The number of hydrogen-bond acceptors (Lipinski definition) is 8. The van der Waals surface area contributed by atoms with Gasteiger partial charge >= 0.3 is 0 Å². The second-order valence-electron chi connectivity index (χ2n) is 7.32. The van der Waals surface area contributed by atoms with Gasteiger partial charge in [-0.25, -0.2) is 15.0 Å². The molecule has 1 fully saturated rings. The van der Waals surface area contributed by atoms with E-state index in [-0.39, 0.29) is 12.4 Å². The number of anilines is 1. The molecule has 3 heterocycles. The summed E-state index contributed by atoms with van der Waals surface area (Å²) in [5.41, 5.74) is 7.08. The van der Waals surface area contributed by atoms with E-state index in [1.165, 1.54) is 12.7 Å². The molecule has 9 heteroatoms. The number of nitrogen functional groups attached to an aromatic ring is 1. The number of aliphatic hydroxyl groups excluding tert-OH is 2. The van der Waals surface area contributed by atoms with Gasteiger partial charge in [0.25, 0.3) is 0 Å². The second-order valence-corrected chi connectivity index (χ2v) is 7.32. The van der Waals surface area contributed by atoms with E-state index in [9.17, 15) is 10.2 Å². The number of imidazole rings is 1. The molecule has 4 rings (SSSR count). The van der Waals surface area contributed by atoms with Crippen molar-refractivity contribution in [3.8, 4) is 0 Å². The van der Waals surface area contributed by atoms with Crippen LogP contribution in [0.3, 0.4) is 0 Å². The number of ether oxygens (including phenoxy) is 2. The van der Waals surface area contributed by atoms with Crippen LogP contribution in [0.5, 0.6) is 0 Å². The summed E-state index contributed by atoms with van der Waals surface area (Å²) in [7, 11) is 0. The van der Waals surface area contributed by atoms with Crippen molar-refractivity contribution < 1.29 is 19.7 Å². The van der Waals surface area contributed by atoms with Crippen molar-refractivity contribution in [3.63, 3.8) is 0 Å². The van der Waals surface area contributed by atoms with E-state index in [1.54, 1.807) is 4.57 Å². The van der Waals surface area contributed by atoms with Gasteiger partial charge < -0.3 is 25.4 Å². The van der Waals surface area contributed by atoms with Crippen molar-refractivity contribution in [1.29, 1.82) is 0 Å². The first kappa shape index (κ1) is 18.8. The Bertz CT molecular complexity index is 961. The van der Waals surface area contributed by atoms with Crippen LogP contribution in [0.1, 0.15) is 25.6 Å². The number of fused-ring (bicyclic) bond motifs is 1. The first-order chi connectivity index (χ1) is 13.4. The molecule has 0 unspecified atom stereocenters. The number of nitrogens with zero attached hydrogens (tertiary/aromatic N) is 4. The lowest BCUT2D eigenvalue weighted by Crippen LogP contribution is -2.36. The summed E-state index contributed by atoms with van der Waals surface area (Å²) < 4.78 is 13.5. The SMILES string of the molecule is CC(C)(OC[C@@H]1O[C@H](n2cnc3c(N)ncnc32)[C@@H](O)[C@@H]1O)c1ccccc1. The molecular weight excluding hydrogens is 362 g/mol. The molecule has 0 radical (unpaired) electrons. The van der Waals surface area contributed by atoms with Crippen LogP contribution < -0.4 is 5.73 Å². The molecule has 1 aromatic carbocycles. The monoisotopic (exact) mass is 385 g/mol. The average molecular weight is 385 g/mol. The zero-order chi connectivity index (χ0) is 19.9. The molecule has 1 saturated heterocycles. The van der Waals surface area contributed by atoms with Crippen LogP contribution in [-0.2, 0) is 15.1 Å². The van der Waals surface area contributed by atoms with Crippen molar-refractivity contribution in [3.05, 3.63) is 48.5 Å². The molecular formula is C19H23N5O4. The van der Waals surface area contributed by atoms with E-state index >= 15 is 0 Å². The van der Waals surface area contributed by atoms with Crippen LogP contribution in [0.15, 0.2) is 43.0 Å². The summed E-state index contributed by atoms with van der Waals surface area (Å²) in [6.07, 6.45) is -1.07. The number of benzene rings is 1. The van der Waals surface area contributed by atoms with Gasteiger partial charge in [0.15, 0.2) is 17.7 Å². The largest absolute Gasteiger partial charge is 0.387 e. The van der Waals surface area contributed by atoms with E-state index < -0.39 is 30.1 Å². The Balaban J connectivity index is 1.51. The second kappa shape index (κ2) is 7.10.